The van der Waals surface area contributed by atoms with Gasteiger partial charge in [-0.3, -0.25) is 9.59 Å². The number of ketones is 2. The number of hydrogen-bond acceptors (Lipinski definition) is 4. The molecule has 0 unspecified atom stereocenters. The van der Waals surface area contributed by atoms with Crippen molar-refractivity contribution in [1.29, 1.82) is 0 Å². The number of Topliss-reactive ketones (excluding diaryl/α,β-unsaturated/α-hetero) is 2. The van der Waals surface area contributed by atoms with Crippen molar-refractivity contribution in [3.8, 4) is 0 Å². The van der Waals surface area contributed by atoms with Crippen LogP contribution in [0.2, 0.25) is 0 Å². The average Bonchev–Trinajstić information content (AvgIpc) is 2.44. The van der Waals surface area contributed by atoms with Gasteiger partial charge in [0.25, 0.3) is 0 Å². The lowest BCUT2D eigenvalue weighted by atomic mass is 9.91. The lowest BCUT2D eigenvalue weighted by Crippen LogP contribution is -2.27. The smallest absolute Gasteiger partial charge is 0.230 e. The van der Waals surface area contributed by atoms with Gasteiger partial charge in [0.05, 0.1) is 6.61 Å². The van der Waals surface area contributed by atoms with Crippen molar-refractivity contribution in [2.24, 2.45) is 5.73 Å². The predicted octanol–water partition coefficient (Wildman–Crippen LogP) is 2.44. The predicted molar refractivity (Wildman–Crippen MR) is 71.8 cm³/mol. The van der Waals surface area contributed by atoms with Crippen molar-refractivity contribution in [3.63, 3.8) is 0 Å². The molecule has 100 valence electrons. The zero-order valence-electron chi connectivity index (χ0n) is 10.9. The molecule has 0 aromatic heterocycles. The first-order valence-electron chi connectivity index (χ1n) is 6.47. The number of ether oxygens (including phenoxy) is 1. The van der Waals surface area contributed by atoms with E-state index in [4.69, 9.17) is 10.5 Å². The molecule has 4 heteroatoms. The molecule has 4 nitrogen and oxygen atoms in total. The molecule has 1 aliphatic rings. The van der Waals surface area contributed by atoms with Gasteiger partial charge >= 0.3 is 0 Å². The summed E-state index contributed by atoms with van der Waals surface area (Å²) in [5, 5.41) is 0. The van der Waals surface area contributed by atoms with Crippen LogP contribution in [0, 0.1) is 0 Å². The highest BCUT2D eigenvalue weighted by Gasteiger charge is 2.31. The van der Waals surface area contributed by atoms with Crippen molar-refractivity contribution in [3.05, 3.63) is 46.8 Å². The Hall–Kier alpha value is -2.10. The van der Waals surface area contributed by atoms with E-state index in [9.17, 15) is 9.59 Å². The van der Waals surface area contributed by atoms with Crippen LogP contribution in [0.15, 0.2) is 35.7 Å². The van der Waals surface area contributed by atoms with Crippen LogP contribution in [-0.2, 0) is 4.74 Å². The van der Waals surface area contributed by atoms with E-state index < -0.39 is 0 Å². The largest absolute Gasteiger partial charge is 0.487 e. The number of allylic oxidation sites excluding steroid dienone is 2. The number of unbranched alkanes of at least 4 members (excludes halogenated alkanes) is 2. The monoisotopic (exact) mass is 259 g/mol. The van der Waals surface area contributed by atoms with Gasteiger partial charge in [0.1, 0.15) is 5.70 Å². The Bertz CT molecular complexity index is 546. The van der Waals surface area contributed by atoms with E-state index in [1.165, 1.54) is 0 Å². The Labute approximate surface area is 112 Å². The number of hydrogen-bond donors (Lipinski definition) is 1. The fraction of sp³-hybridized carbons (Fsp3) is 0.333. The molecule has 2 N–H and O–H groups in total. The summed E-state index contributed by atoms with van der Waals surface area (Å²) in [4.78, 5) is 24.3. The summed E-state index contributed by atoms with van der Waals surface area (Å²) in [5.74, 6) is -0.635. The van der Waals surface area contributed by atoms with E-state index >= 15 is 0 Å². The molecular weight excluding hydrogens is 242 g/mol. The normalized spacial score (nSPS) is 14.6. The third kappa shape index (κ3) is 2.52. The van der Waals surface area contributed by atoms with Gasteiger partial charge in [0.2, 0.25) is 11.6 Å². The fourth-order valence-corrected chi connectivity index (χ4v) is 2.04. The number of nitrogens with two attached hydrogens (primary N) is 1. The van der Waals surface area contributed by atoms with Crippen LogP contribution < -0.4 is 5.73 Å². The zero-order valence-corrected chi connectivity index (χ0v) is 10.9. The van der Waals surface area contributed by atoms with Gasteiger partial charge < -0.3 is 10.5 Å². The maximum Gasteiger partial charge on any atom is 0.230 e. The topological polar surface area (TPSA) is 69.4 Å². The molecule has 0 amide bonds. The minimum atomic E-state index is -0.333. The highest BCUT2D eigenvalue weighted by Crippen LogP contribution is 2.24. The second-order valence-corrected chi connectivity index (χ2v) is 4.50. The first-order valence-corrected chi connectivity index (χ1v) is 6.47. The minimum Gasteiger partial charge on any atom is -0.487 e. The molecule has 0 saturated heterocycles. The van der Waals surface area contributed by atoms with Gasteiger partial charge in [-0.25, -0.2) is 0 Å². The molecule has 0 fully saturated rings. The summed E-state index contributed by atoms with van der Waals surface area (Å²) in [6.07, 6.45) is 2.93. The molecule has 0 spiro atoms. The lowest BCUT2D eigenvalue weighted by molar-refractivity contribution is 0.0867. The molecular formula is C15H17NO3. The zero-order chi connectivity index (χ0) is 13.8. The van der Waals surface area contributed by atoms with E-state index in [2.05, 4.69) is 6.92 Å². The van der Waals surface area contributed by atoms with E-state index in [-0.39, 0.29) is 23.0 Å². The lowest BCUT2D eigenvalue weighted by Gasteiger charge is -2.18. The summed E-state index contributed by atoms with van der Waals surface area (Å²) in [6.45, 7) is 2.49. The molecule has 1 aromatic rings. The molecule has 0 bridgehead atoms. The van der Waals surface area contributed by atoms with E-state index in [1.807, 2.05) is 0 Å². The molecule has 0 aliphatic heterocycles. The Kier molecular flexibility index (Phi) is 4.00. The van der Waals surface area contributed by atoms with Crippen molar-refractivity contribution in [1.82, 2.24) is 0 Å². The van der Waals surface area contributed by atoms with Crippen LogP contribution in [0.4, 0.5) is 0 Å². The highest BCUT2D eigenvalue weighted by atomic mass is 16.5. The van der Waals surface area contributed by atoms with Crippen molar-refractivity contribution in [2.75, 3.05) is 6.61 Å². The molecule has 2 rings (SSSR count). The summed E-state index contributed by atoms with van der Waals surface area (Å²) >= 11 is 0. The quantitative estimate of drug-likeness (QED) is 0.824. The number of fused-ring (bicyclic) bond motifs is 1. The number of carbonyl (C=O) groups is 2. The Balaban J connectivity index is 2.22. The molecule has 1 aromatic carbocycles. The maximum atomic E-state index is 12.2. The van der Waals surface area contributed by atoms with Gasteiger partial charge in [0.15, 0.2) is 5.76 Å². The third-order valence-electron chi connectivity index (χ3n) is 3.11. The second kappa shape index (κ2) is 5.69. The Morgan fingerprint density at radius 1 is 1.05 bits per heavy atom. The minimum absolute atomic E-state index is 0.000182. The fourth-order valence-electron chi connectivity index (χ4n) is 2.04. The Morgan fingerprint density at radius 3 is 2.32 bits per heavy atom. The van der Waals surface area contributed by atoms with Crippen LogP contribution in [0.5, 0.6) is 0 Å². The van der Waals surface area contributed by atoms with Crippen molar-refractivity contribution < 1.29 is 14.3 Å². The van der Waals surface area contributed by atoms with Gasteiger partial charge in [-0.1, -0.05) is 44.0 Å². The maximum absolute atomic E-state index is 12.2. The van der Waals surface area contributed by atoms with Gasteiger partial charge in [0, 0.05) is 11.1 Å². The van der Waals surface area contributed by atoms with Gasteiger partial charge in [-0.2, -0.15) is 0 Å². The van der Waals surface area contributed by atoms with Crippen LogP contribution >= 0.6 is 0 Å². The Morgan fingerprint density at radius 2 is 1.68 bits per heavy atom. The van der Waals surface area contributed by atoms with Gasteiger partial charge in [-0.15, -0.1) is 0 Å². The molecule has 0 heterocycles. The average molecular weight is 259 g/mol. The number of rotatable bonds is 5. The van der Waals surface area contributed by atoms with E-state index in [1.54, 1.807) is 24.3 Å². The van der Waals surface area contributed by atoms with Crippen LogP contribution in [0.1, 0.15) is 46.9 Å². The first kappa shape index (κ1) is 13.3. The van der Waals surface area contributed by atoms with Gasteiger partial charge in [-0.05, 0) is 6.42 Å². The van der Waals surface area contributed by atoms with Crippen LogP contribution in [0.25, 0.3) is 0 Å². The molecule has 19 heavy (non-hydrogen) atoms. The van der Waals surface area contributed by atoms with Crippen molar-refractivity contribution >= 4 is 11.6 Å². The van der Waals surface area contributed by atoms with Crippen LogP contribution in [0.3, 0.4) is 0 Å². The summed E-state index contributed by atoms with van der Waals surface area (Å²) in [5.41, 5.74) is 6.36. The van der Waals surface area contributed by atoms with Crippen molar-refractivity contribution in [2.45, 2.75) is 26.2 Å². The number of benzene rings is 1. The summed E-state index contributed by atoms with van der Waals surface area (Å²) in [7, 11) is 0. The SMILES string of the molecule is CCCCCOC1=C(N)C(=O)c2ccccc2C1=O. The highest BCUT2D eigenvalue weighted by molar-refractivity contribution is 6.25. The van der Waals surface area contributed by atoms with Crippen LogP contribution in [-0.4, -0.2) is 18.2 Å². The second-order valence-electron chi connectivity index (χ2n) is 4.50. The number of carbonyl (C=O) groups excluding carboxylic acids is 2. The van der Waals surface area contributed by atoms with E-state index in [0.29, 0.717) is 17.7 Å². The summed E-state index contributed by atoms with van der Waals surface area (Å²) in [6, 6.07) is 6.66. The third-order valence-corrected chi connectivity index (χ3v) is 3.11. The molecule has 0 atom stereocenters. The van der Waals surface area contributed by atoms with E-state index in [0.717, 1.165) is 19.3 Å². The molecule has 1 aliphatic carbocycles. The first-order chi connectivity index (χ1) is 9.16. The molecule has 0 radical (unpaired) electrons. The standard InChI is InChI=1S/C15H17NO3/c1-2-3-6-9-19-15-12(16)13(17)10-7-4-5-8-11(10)14(15)18/h4-5,7-8H,2-3,6,9,16H2,1H3. The molecule has 0 saturated carbocycles. The summed E-state index contributed by atoms with van der Waals surface area (Å²) < 4.78 is 5.42.